The van der Waals surface area contributed by atoms with Gasteiger partial charge in [-0.3, -0.25) is 4.79 Å². The van der Waals surface area contributed by atoms with E-state index >= 15 is 0 Å². The number of aryl methyl sites for hydroxylation is 1. The van der Waals surface area contributed by atoms with Crippen LogP contribution in [-0.2, 0) is 0 Å². The Morgan fingerprint density at radius 2 is 1.24 bits per heavy atom. The van der Waals surface area contributed by atoms with Crippen LogP contribution in [0.4, 0.5) is 0 Å². The molecule has 0 amide bonds. The highest BCUT2D eigenvalue weighted by atomic mass is 32.1. The molecule has 0 bridgehead atoms. The lowest BCUT2D eigenvalue weighted by molar-refractivity contribution is 0.101. The van der Waals surface area contributed by atoms with Crippen LogP contribution in [0.25, 0.3) is 20.9 Å². The molecule has 0 saturated carbocycles. The maximum absolute atomic E-state index is 11.3. The summed E-state index contributed by atoms with van der Waals surface area (Å²) in [6.45, 7) is 3.69. The van der Waals surface area contributed by atoms with E-state index in [0.717, 1.165) is 11.1 Å². The Balaban J connectivity index is 1.90. The predicted molar refractivity (Wildman–Crippen MR) is 89.9 cm³/mol. The fourth-order valence-electron chi connectivity index (χ4n) is 2.24. The summed E-state index contributed by atoms with van der Waals surface area (Å²) >= 11 is 1.77. The Bertz CT molecular complexity index is 764. The smallest absolute Gasteiger partial charge is 0.159 e. The molecule has 0 unspecified atom stereocenters. The van der Waals surface area contributed by atoms with Crippen LogP contribution in [0, 0.1) is 6.92 Å². The van der Waals surface area contributed by atoms with Gasteiger partial charge in [-0.2, -0.15) is 0 Å². The first-order valence-corrected chi connectivity index (χ1v) is 7.73. The van der Waals surface area contributed by atoms with Gasteiger partial charge in [0.2, 0.25) is 0 Å². The van der Waals surface area contributed by atoms with Gasteiger partial charge in [-0.25, -0.2) is 0 Å². The Morgan fingerprint density at radius 3 is 1.71 bits per heavy atom. The van der Waals surface area contributed by atoms with Crippen LogP contribution in [0.2, 0.25) is 0 Å². The van der Waals surface area contributed by atoms with Crippen molar-refractivity contribution in [2.45, 2.75) is 13.8 Å². The SMILES string of the molecule is CC(=O)c1ccc(-c2ccc(-c3ccc(C)cc3)s2)cc1. The number of carbonyl (C=O) groups is 1. The zero-order valence-electron chi connectivity index (χ0n) is 12.1. The average Bonchev–Trinajstić information content (AvgIpc) is 2.98. The summed E-state index contributed by atoms with van der Waals surface area (Å²) in [6.07, 6.45) is 0. The Labute approximate surface area is 128 Å². The number of carbonyl (C=O) groups excluding carboxylic acids is 1. The molecule has 0 N–H and O–H groups in total. The molecule has 3 rings (SSSR count). The van der Waals surface area contributed by atoms with Crippen molar-refractivity contribution in [2.75, 3.05) is 0 Å². The molecule has 104 valence electrons. The van der Waals surface area contributed by atoms with Crippen molar-refractivity contribution >= 4 is 17.1 Å². The van der Waals surface area contributed by atoms with Crippen molar-refractivity contribution in [3.05, 3.63) is 71.8 Å². The molecule has 2 heteroatoms. The molecule has 0 aliphatic carbocycles. The van der Waals surface area contributed by atoms with E-state index in [4.69, 9.17) is 0 Å². The number of hydrogen-bond donors (Lipinski definition) is 0. The molecule has 0 aliphatic heterocycles. The molecule has 0 spiro atoms. The summed E-state index contributed by atoms with van der Waals surface area (Å²) in [7, 11) is 0. The second-order valence-electron chi connectivity index (χ2n) is 5.16. The number of ketones is 1. The van der Waals surface area contributed by atoms with Gasteiger partial charge in [0.15, 0.2) is 5.78 Å². The van der Waals surface area contributed by atoms with Crippen molar-refractivity contribution in [3.8, 4) is 20.9 Å². The van der Waals surface area contributed by atoms with E-state index in [9.17, 15) is 4.79 Å². The van der Waals surface area contributed by atoms with E-state index in [0.29, 0.717) is 0 Å². The third-order valence-electron chi connectivity index (χ3n) is 3.52. The molecule has 1 nitrogen and oxygen atoms in total. The van der Waals surface area contributed by atoms with Crippen LogP contribution in [0.15, 0.2) is 60.7 Å². The van der Waals surface area contributed by atoms with Crippen molar-refractivity contribution in [3.63, 3.8) is 0 Å². The van der Waals surface area contributed by atoms with Gasteiger partial charge in [-0.05, 0) is 37.1 Å². The molecular formula is C19H16OS. The molecule has 3 aromatic rings. The molecular weight excluding hydrogens is 276 g/mol. The van der Waals surface area contributed by atoms with Crippen LogP contribution in [0.5, 0.6) is 0 Å². The van der Waals surface area contributed by atoms with Gasteiger partial charge in [-0.1, -0.05) is 54.1 Å². The third-order valence-corrected chi connectivity index (χ3v) is 4.70. The lowest BCUT2D eigenvalue weighted by Gasteiger charge is -2.00. The first-order valence-electron chi connectivity index (χ1n) is 6.92. The highest BCUT2D eigenvalue weighted by Crippen LogP contribution is 2.34. The molecule has 0 fully saturated rings. The standard InChI is InChI=1S/C19H16OS/c1-13-3-5-16(6-4-13)18-11-12-19(21-18)17-9-7-15(8-10-17)14(2)20/h3-12H,1-2H3. The summed E-state index contributed by atoms with van der Waals surface area (Å²) in [4.78, 5) is 13.8. The third kappa shape index (κ3) is 2.96. The minimum Gasteiger partial charge on any atom is -0.295 e. The van der Waals surface area contributed by atoms with Crippen LogP contribution in [0.1, 0.15) is 22.8 Å². The highest BCUT2D eigenvalue weighted by molar-refractivity contribution is 7.18. The normalized spacial score (nSPS) is 10.6. The molecule has 0 aliphatic rings. The van der Waals surface area contributed by atoms with E-state index in [1.165, 1.54) is 20.9 Å². The van der Waals surface area contributed by atoms with Gasteiger partial charge >= 0.3 is 0 Å². The zero-order chi connectivity index (χ0) is 14.8. The number of benzene rings is 2. The van der Waals surface area contributed by atoms with E-state index in [2.05, 4.69) is 43.3 Å². The molecule has 2 aromatic carbocycles. The van der Waals surface area contributed by atoms with Gasteiger partial charge < -0.3 is 0 Å². The van der Waals surface area contributed by atoms with Crippen molar-refractivity contribution in [1.29, 1.82) is 0 Å². The van der Waals surface area contributed by atoms with Gasteiger partial charge in [0.1, 0.15) is 0 Å². The lowest BCUT2D eigenvalue weighted by atomic mass is 10.1. The Kier molecular flexibility index (Phi) is 3.72. The Morgan fingerprint density at radius 1 is 0.762 bits per heavy atom. The molecule has 1 aromatic heterocycles. The van der Waals surface area contributed by atoms with E-state index in [1.807, 2.05) is 24.3 Å². The molecule has 0 atom stereocenters. The lowest BCUT2D eigenvalue weighted by Crippen LogP contribution is -1.90. The van der Waals surface area contributed by atoms with E-state index in [-0.39, 0.29) is 5.78 Å². The maximum Gasteiger partial charge on any atom is 0.159 e. The van der Waals surface area contributed by atoms with Gasteiger partial charge in [0.25, 0.3) is 0 Å². The maximum atomic E-state index is 11.3. The fraction of sp³-hybridized carbons (Fsp3) is 0.105. The van der Waals surface area contributed by atoms with Crippen molar-refractivity contribution in [2.24, 2.45) is 0 Å². The summed E-state index contributed by atoms with van der Waals surface area (Å²) in [6, 6.07) is 20.7. The molecule has 0 saturated heterocycles. The molecule has 1 heterocycles. The zero-order valence-corrected chi connectivity index (χ0v) is 12.9. The number of rotatable bonds is 3. The largest absolute Gasteiger partial charge is 0.295 e. The predicted octanol–water partition coefficient (Wildman–Crippen LogP) is 5.59. The van der Waals surface area contributed by atoms with E-state index in [1.54, 1.807) is 18.3 Å². The first kappa shape index (κ1) is 13.8. The van der Waals surface area contributed by atoms with Crippen LogP contribution >= 0.6 is 11.3 Å². The van der Waals surface area contributed by atoms with Crippen LogP contribution < -0.4 is 0 Å². The number of Topliss-reactive ketones (excluding diaryl/α,β-unsaturated/α-hetero) is 1. The second kappa shape index (κ2) is 5.66. The van der Waals surface area contributed by atoms with Crippen molar-refractivity contribution < 1.29 is 4.79 Å². The minimum atomic E-state index is 0.105. The monoisotopic (exact) mass is 292 g/mol. The summed E-state index contributed by atoms with van der Waals surface area (Å²) in [5, 5.41) is 0. The topological polar surface area (TPSA) is 17.1 Å². The van der Waals surface area contributed by atoms with Gasteiger partial charge in [0.05, 0.1) is 0 Å². The van der Waals surface area contributed by atoms with Crippen molar-refractivity contribution in [1.82, 2.24) is 0 Å². The molecule has 21 heavy (non-hydrogen) atoms. The van der Waals surface area contributed by atoms with Crippen LogP contribution in [0.3, 0.4) is 0 Å². The van der Waals surface area contributed by atoms with E-state index < -0.39 is 0 Å². The summed E-state index contributed by atoms with van der Waals surface area (Å²) in [5.41, 5.74) is 4.44. The number of thiophene rings is 1. The first-order chi connectivity index (χ1) is 10.1. The van der Waals surface area contributed by atoms with Gasteiger partial charge in [0, 0.05) is 15.3 Å². The van der Waals surface area contributed by atoms with Crippen LogP contribution in [-0.4, -0.2) is 5.78 Å². The second-order valence-corrected chi connectivity index (χ2v) is 6.25. The van der Waals surface area contributed by atoms with Gasteiger partial charge in [-0.15, -0.1) is 11.3 Å². The minimum absolute atomic E-state index is 0.105. The number of hydrogen-bond acceptors (Lipinski definition) is 2. The quantitative estimate of drug-likeness (QED) is 0.575. The molecule has 0 radical (unpaired) electrons. The highest BCUT2D eigenvalue weighted by Gasteiger charge is 2.06. The summed E-state index contributed by atoms with van der Waals surface area (Å²) < 4.78 is 0. The fourth-order valence-corrected chi connectivity index (χ4v) is 3.25. The average molecular weight is 292 g/mol. The Hall–Kier alpha value is -2.19. The summed E-state index contributed by atoms with van der Waals surface area (Å²) in [5.74, 6) is 0.105.